The van der Waals surface area contributed by atoms with Crippen molar-refractivity contribution in [2.75, 3.05) is 5.73 Å². The topological polar surface area (TPSA) is 98.4 Å². The molecule has 0 saturated carbocycles. The predicted octanol–water partition coefficient (Wildman–Crippen LogP) is 3.32. The van der Waals surface area contributed by atoms with E-state index < -0.39 is 0 Å². The van der Waals surface area contributed by atoms with Gasteiger partial charge in [-0.05, 0) is 35.2 Å². The first-order chi connectivity index (χ1) is 13.9. The molecular weight excluding hydrogens is 368 g/mol. The highest BCUT2D eigenvalue weighted by molar-refractivity contribution is 6.05. The molecule has 2 heterocycles. The second-order valence-corrected chi connectivity index (χ2v) is 7.61. The molecule has 0 atom stereocenters. The standard InChI is InChI=1S/C22H22N4O3/c1-13(2)9-19(27)29-16-7-8-18-17(10-16)20(25-22(23)24-18)21(28)26-11-14-5-3-4-6-15(14)12-26/h3-8,10,13H,9,11-12H2,1-2H3,(H2,23,24,25). The highest BCUT2D eigenvalue weighted by Gasteiger charge is 2.27. The molecule has 4 rings (SSSR count). The van der Waals surface area contributed by atoms with Gasteiger partial charge in [0.1, 0.15) is 11.4 Å². The van der Waals surface area contributed by atoms with Gasteiger partial charge in [-0.1, -0.05) is 38.1 Å². The number of anilines is 1. The summed E-state index contributed by atoms with van der Waals surface area (Å²) in [5, 5.41) is 0.509. The Morgan fingerprint density at radius 3 is 2.45 bits per heavy atom. The highest BCUT2D eigenvalue weighted by Crippen LogP contribution is 2.28. The van der Waals surface area contributed by atoms with Crippen LogP contribution in [0.15, 0.2) is 42.5 Å². The van der Waals surface area contributed by atoms with Gasteiger partial charge >= 0.3 is 5.97 Å². The minimum atomic E-state index is -0.321. The zero-order chi connectivity index (χ0) is 20.5. The van der Waals surface area contributed by atoms with Crippen LogP contribution in [0.1, 0.15) is 41.9 Å². The molecule has 1 aromatic heterocycles. The third-order valence-corrected chi connectivity index (χ3v) is 4.82. The van der Waals surface area contributed by atoms with E-state index in [1.54, 1.807) is 23.1 Å². The lowest BCUT2D eigenvalue weighted by molar-refractivity contribution is -0.135. The van der Waals surface area contributed by atoms with E-state index in [-0.39, 0.29) is 29.4 Å². The van der Waals surface area contributed by atoms with E-state index in [4.69, 9.17) is 10.5 Å². The molecule has 0 unspecified atom stereocenters. The molecule has 2 aromatic carbocycles. The molecule has 3 aromatic rings. The molecule has 2 N–H and O–H groups in total. The molecule has 1 aliphatic rings. The van der Waals surface area contributed by atoms with Crippen molar-refractivity contribution in [1.29, 1.82) is 0 Å². The molecule has 7 nitrogen and oxygen atoms in total. The molecule has 1 amide bonds. The Bertz CT molecular complexity index is 1090. The van der Waals surface area contributed by atoms with Gasteiger partial charge in [-0.2, -0.15) is 0 Å². The Balaban J connectivity index is 1.67. The maximum atomic E-state index is 13.2. The van der Waals surface area contributed by atoms with Crippen molar-refractivity contribution in [2.24, 2.45) is 5.92 Å². The van der Waals surface area contributed by atoms with E-state index in [0.717, 1.165) is 11.1 Å². The number of nitrogen functional groups attached to an aromatic ring is 1. The summed E-state index contributed by atoms with van der Waals surface area (Å²) in [4.78, 5) is 35.4. The molecule has 0 fully saturated rings. The van der Waals surface area contributed by atoms with E-state index in [1.807, 2.05) is 38.1 Å². The molecule has 29 heavy (non-hydrogen) atoms. The Kier molecular flexibility index (Phi) is 4.88. The van der Waals surface area contributed by atoms with Crippen LogP contribution in [0.5, 0.6) is 5.75 Å². The fourth-order valence-corrected chi connectivity index (χ4v) is 3.48. The number of esters is 1. The second-order valence-electron chi connectivity index (χ2n) is 7.61. The smallest absolute Gasteiger partial charge is 0.311 e. The van der Waals surface area contributed by atoms with Crippen molar-refractivity contribution >= 4 is 28.7 Å². The van der Waals surface area contributed by atoms with Crippen LogP contribution in [0, 0.1) is 5.92 Å². The molecule has 0 spiro atoms. The summed E-state index contributed by atoms with van der Waals surface area (Å²) in [5.41, 5.74) is 8.82. The maximum absolute atomic E-state index is 13.2. The zero-order valence-corrected chi connectivity index (χ0v) is 16.4. The lowest BCUT2D eigenvalue weighted by atomic mass is 10.1. The SMILES string of the molecule is CC(C)CC(=O)Oc1ccc2nc(N)nc(C(=O)N3Cc4ccccc4C3)c2c1. The zero-order valence-electron chi connectivity index (χ0n) is 16.4. The molecular formula is C22H22N4O3. The Morgan fingerprint density at radius 1 is 1.10 bits per heavy atom. The highest BCUT2D eigenvalue weighted by atomic mass is 16.5. The van der Waals surface area contributed by atoms with Crippen LogP contribution in [0.25, 0.3) is 10.9 Å². The molecule has 0 bridgehead atoms. The number of nitrogens with two attached hydrogens (primary N) is 1. The molecule has 7 heteroatoms. The molecule has 148 valence electrons. The lowest BCUT2D eigenvalue weighted by Gasteiger charge is -2.16. The summed E-state index contributed by atoms with van der Waals surface area (Å²) >= 11 is 0. The third-order valence-electron chi connectivity index (χ3n) is 4.82. The minimum absolute atomic E-state index is 0.0297. The third kappa shape index (κ3) is 3.89. The van der Waals surface area contributed by atoms with Crippen LogP contribution in [0.4, 0.5) is 5.95 Å². The van der Waals surface area contributed by atoms with Gasteiger partial charge in [0, 0.05) is 24.9 Å². The summed E-state index contributed by atoms with van der Waals surface area (Å²) in [6.07, 6.45) is 0.314. The molecule has 0 saturated heterocycles. The van der Waals surface area contributed by atoms with Crippen molar-refractivity contribution in [3.63, 3.8) is 0 Å². The van der Waals surface area contributed by atoms with Crippen LogP contribution in [0.3, 0.4) is 0 Å². The van der Waals surface area contributed by atoms with E-state index in [1.165, 1.54) is 0 Å². The average molecular weight is 390 g/mol. The van der Waals surface area contributed by atoms with E-state index in [2.05, 4.69) is 9.97 Å². The quantitative estimate of drug-likeness (QED) is 0.542. The van der Waals surface area contributed by atoms with Gasteiger partial charge < -0.3 is 15.4 Å². The number of nitrogens with zero attached hydrogens (tertiary/aromatic N) is 3. The van der Waals surface area contributed by atoms with Gasteiger partial charge in [0.25, 0.3) is 5.91 Å². The molecule has 0 aliphatic carbocycles. The number of ether oxygens (including phenoxy) is 1. The Labute approximate surface area is 168 Å². The van der Waals surface area contributed by atoms with Crippen LogP contribution in [-0.2, 0) is 17.9 Å². The number of hydrogen-bond donors (Lipinski definition) is 1. The number of carbonyl (C=O) groups is 2. The van der Waals surface area contributed by atoms with Gasteiger partial charge in [0.05, 0.1) is 5.52 Å². The number of hydrogen-bond acceptors (Lipinski definition) is 6. The van der Waals surface area contributed by atoms with Gasteiger partial charge in [0.2, 0.25) is 5.95 Å². The first-order valence-electron chi connectivity index (χ1n) is 9.54. The molecule has 0 radical (unpaired) electrons. The van der Waals surface area contributed by atoms with Crippen LogP contribution >= 0.6 is 0 Å². The largest absolute Gasteiger partial charge is 0.426 e. The van der Waals surface area contributed by atoms with Crippen LogP contribution in [-0.4, -0.2) is 26.7 Å². The normalized spacial score (nSPS) is 13.0. The second kappa shape index (κ2) is 7.50. The van der Waals surface area contributed by atoms with Gasteiger partial charge in [-0.25, -0.2) is 9.97 Å². The van der Waals surface area contributed by atoms with Crippen molar-refractivity contribution in [1.82, 2.24) is 14.9 Å². The van der Waals surface area contributed by atoms with Crippen LogP contribution < -0.4 is 10.5 Å². The average Bonchev–Trinajstić information content (AvgIpc) is 3.10. The number of carbonyl (C=O) groups excluding carboxylic acids is 2. The Hall–Kier alpha value is -3.48. The van der Waals surface area contributed by atoms with Crippen molar-refractivity contribution < 1.29 is 14.3 Å². The Morgan fingerprint density at radius 2 is 1.79 bits per heavy atom. The summed E-state index contributed by atoms with van der Waals surface area (Å²) in [5.74, 6) is 0.0296. The van der Waals surface area contributed by atoms with Gasteiger partial charge in [-0.15, -0.1) is 0 Å². The fourth-order valence-electron chi connectivity index (χ4n) is 3.48. The van der Waals surface area contributed by atoms with Gasteiger partial charge in [0.15, 0.2) is 0 Å². The number of benzene rings is 2. The number of amides is 1. The fraction of sp³-hybridized carbons (Fsp3) is 0.273. The van der Waals surface area contributed by atoms with E-state index >= 15 is 0 Å². The first-order valence-corrected chi connectivity index (χ1v) is 9.54. The maximum Gasteiger partial charge on any atom is 0.311 e. The monoisotopic (exact) mass is 390 g/mol. The van der Waals surface area contributed by atoms with Crippen molar-refractivity contribution in [2.45, 2.75) is 33.4 Å². The predicted molar refractivity (Wildman–Crippen MR) is 109 cm³/mol. The van der Waals surface area contributed by atoms with Crippen molar-refractivity contribution in [3.8, 4) is 5.75 Å². The summed E-state index contributed by atoms with van der Waals surface area (Å²) in [6, 6.07) is 12.9. The van der Waals surface area contributed by atoms with Crippen molar-refractivity contribution in [3.05, 3.63) is 59.3 Å². The summed E-state index contributed by atoms with van der Waals surface area (Å²) in [6.45, 7) is 4.93. The first kappa shape index (κ1) is 18.9. The minimum Gasteiger partial charge on any atom is -0.426 e. The number of fused-ring (bicyclic) bond motifs is 2. The van der Waals surface area contributed by atoms with E-state index in [9.17, 15) is 9.59 Å². The van der Waals surface area contributed by atoms with E-state index in [0.29, 0.717) is 36.2 Å². The summed E-state index contributed by atoms with van der Waals surface area (Å²) in [7, 11) is 0. The molecule has 1 aliphatic heterocycles. The van der Waals surface area contributed by atoms with Gasteiger partial charge in [-0.3, -0.25) is 9.59 Å². The summed E-state index contributed by atoms with van der Waals surface area (Å²) < 4.78 is 5.42. The number of rotatable bonds is 4. The number of aromatic nitrogens is 2. The lowest BCUT2D eigenvalue weighted by Crippen LogP contribution is -2.27. The van der Waals surface area contributed by atoms with Crippen LogP contribution in [0.2, 0.25) is 0 Å².